The first kappa shape index (κ1) is 19.5. The Morgan fingerprint density at radius 2 is 2.12 bits per heavy atom. The van der Waals surface area contributed by atoms with Gasteiger partial charge in [-0.15, -0.1) is 0 Å². The molecule has 4 aromatic rings. The maximum atomic E-state index is 12.6. The van der Waals surface area contributed by atoms with E-state index in [1.165, 1.54) is 14.2 Å². The monoisotopic (exact) mass is 565 g/mol. The highest BCUT2D eigenvalue weighted by molar-refractivity contribution is 14.1. The molecule has 4 rings (SSSR count). The molecule has 0 bridgehead atoms. The first-order valence-electron chi connectivity index (χ1n) is 11.5. The highest BCUT2D eigenvalue weighted by atomic mass is 127. The van der Waals surface area contributed by atoms with Crippen LogP contribution >= 0.6 is 22.6 Å². The van der Waals surface area contributed by atoms with Gasteiger partial charge in [-0.3, -0.25) is 9.78 Å². The number of rotatable bonds is 6. The number of carbonyl (C=O) groups excluding carboxylic acids is 1. The second kappa shape index (κ2) is 9.10. The van der Waals surface area contributed by atoms with Crippen LogP contribution in [0.2, 0.25) is 0 Å². The van der Waals surface area contributed by atoms with Crippen LogP contribution in [-0.4, -0.2) is 46.0 Å². The molecule has 172 valence electrons. The Morgan fingerprint density at radius 3 is 2.73 bits per heavy atom. The third-order valence-corrected chi connectivity index (χ3v) is 6.41. The zero-order chi connectivity index (χ0) is 26.4. The summed E-state index contributed by atoms with van der Waals surface area (Å²) < 4.78 is 41.2. The van der Waals surface area contributed by atoms with Gasteiger partial charge in [-0.05, 0) is 48.6 Å². The molecular weight excluding hydrogens is 539 g/mol. The topological polar surface area (TPSA) is 101 Å². The van der Waals surface area contributed by atoms with Crippen molar-refractivity contribution in [2.45, 2.75) is 20.4 Å². The second-order valence-corrected chi connectivity index (χ2v) is 8.50. The molecule has 0 saturated heterocycles. The second-order valence-electron chi connectivity index (χ2n) is 7.42. The fraction of sp³-hybridized carbons (Fsp3) is 0.304. The molecule has 0 amide bonds. The summed E-state index contributed by atoms with van der Waals surface area (Å²) in [5.41, 5.74) is 3.19. The fourth-order valence-corrected chi connectivity index (χ4v) is 4.90. The SMILES string of the molecule is [2H]C([2H])([2H])OCCn1c(-c2ccc(-c3c(C)on(C)c3=O)cn2)c(I)c2cc(C)nc(C(=O)OC)c21. The Bertz CT molecular complexity index is 1520. The van der Waals surface area contributed by atoms with E-state index in [1.807, 2.05) is 6.07 Å². The van der Waals surface area contributed by atoms with Crippen molar-refractivity contribution >= 4 is 39.5 Å². The number of pyridine rings is 2. The van der Waals surface area contributed by atoms with Gasteiger partial charge in [0.25, 0.3) is 5.56 Å². The van der Waals surface area contributed by atoms with E-state index in [2.05, 4.69) is 32.6 Å². The summed E-state index contributed by atoms with van der Waals surface area (Å²) in [5.74, 6) is -0.136. The van der Waals surface area contributed by atoms with Crippen LogP contribution in [0.4, 0.5) is 0 Å². The summed E-state index contributed by atoms with van der Waals surface area (Å²) in [6, 6.07) is 5.38. The smallest absolute Gasteiger partial charge is 0.358 e. The highest BCUT2D eigenvalue weighted by Gasteiger charge is 2.25. The van der Waals surface area contributed by atoms with Crippen LogP contribution in [-0.2, 0) is 23.1 Å². The average molecular weight is 565 g/mol. The van der Waals surface area contributed by atoms with Crippen molar-refractivity contribution in [2.75, 3.05) is 20.8 Å². The number of halogens is 1. The standard InChI is InChI=1S/C23H23IN4O5/c1-12-10-15-18(24)21(28(8-9-31-4)20(15)19(26-12)23(30)32-5)16-7-6-14(11-25-16)17-13(2)33-27(3)22(17)29/h6-7,10-11H,8-9H2,1-5H3/i4D3. The lowest BCUT2D eigenvalue weighted by atomic mass is 10.1. The Hall–Kier alpha value is -2.99. The van der Waals surface area contributed by atoms with Crippen LogP contribution in [0, 0.1) is 17.4 Å². The molecule has 4 aromatic heterocycles. The molecule has 0 saturated carbocycles. The van der Waals surface area contributed by atoms with Gasteiger partial charge < -0.3 is 18.6 Å². The van der Waals surface area contributed by atoms with Crippen molar-refractivity contribution < 1.29 is 22.9 Å². The van der Waals surface area contributed by atoms with E-state index in [-0.39, 0.29) is 24.4 Å². The Balaban J connectivity index is 1.91. The highest BCUT2D eigenvalue weighted by Crippen LogP contribution is 2.36. The van der Waals surface area contributed by atoms with Crippen molar-refractivity contribution in [3.63, 3.8) is 0 Å². The minimum Gasteiger partial charge on any atom is -0.464 e. The summed E-state index contributed by atoms with van der Waals surface area (Å²) in [4.78, 5) is 34.1. The van der Waals surface area contributed by atoms with Gasteiger partial charge in [0.1, 0.15) is 5.76 Å². The maximum absolute atomic E-state index is 12.6. The van der Waals surface area contributed by atoms with Gasteiger partial charge >= 0.3 is 5.97 Å². The normalized spacial score (nSPS) is 13.1. The molecular formula is C23H23IN4O5. The van der Waals surface area contributed by atoms with Crippen LogP contribution < -0.4 is 5.56 Å². The lowest BCUT2D eigenvalue weighted by Crippen LogP contribution is -2.12. The zero-order valence-electron chi connectivity index (χ0n) is 21.4. The predicted molar refractivity (Wildman–Crippen MR) is 131 cm³/mol. The van der Waals surface area contributed by atoms with Crippen molar-refractivity contribution in [3.8, 4) is 22.5 Å². The molecule has 33 heavy (non-hydrogen) atoms. The van der Waals surface area contributed by atoms with Crippen molar-refractivity contribution in [1.82, 2.24) is 19.3 Å². The number of methoxy groups -OCH3 is 2. The Morgan fingerprint density at radius 1 is 1.33 bits per heavy atom. The van der Waals surface area contributed by atoms with Crippen molar-refractivity contribution in [3.05, 3.63) is 55.5 Å². The molecule has 0 aliphatic rings. The molecule has 4 heterocycles. The number of carbonyl (C=O) groups is 1. The number of nitrogens with zero attached hydrogens (tertiary/aromatic N) is 4. The zero-order valence-corrected chi connectivity index (χ0v) is 20.6. The van der Waals surface area contributed by atoms with Crippen LogP contribution in [0.25, 0.3) is 33.4 Å². The molecule has 0 aliphatic heterocycles. The lowest BCUT2D eigenvalue weighted by molar-refractivity contribution is 0.0595. The molecule has 0 aliphatic carbocycles. The summed E-state index contributed by atoms with van der Waals surface area (Å²) in [5, 5.41) is 0.748. The van der Waals surface area contributed by atoms with Gasteiger partial charge in [0, 0.05) is 47.0 Å². The minimum absolute atomic E-state index is 0.111. The average Bonchev–Trinajstić information content (AvgIpc) is 3.23. The quantitative estimate of drug-likeness (QED) is 0.260. The predicted octanol–water partition coefficient (Wildman–Crippen LogP) is 3.71. The van der Waals surface area contributed by atoms with Crippen LogP contribution in [0.5, 0.6) is 0 Å². The lowest BCUT2D eigenvalue weighted by Gasteiger charge is -2.12. The maximum Gasteiger partial charge on any atom is 0.358 e. The molecule has 0 atom stereocenters. The van der Waals surface area contributed by atoms with E-state index in [9.17, 15) is 9.59 Å². The van der Waals surface area contributed by atoms with E-state index >= 15 is 0 Å². The van der Waals surface area contributed by atoms with Crippen LogP contribution in [0.3, 0.4) is 0 Å². The molecule has 9 nitrogen and oxygen atoms in total. The summed E-state index contributed by atoms with van der Waals surface area (Å²) in [6.07, 6.45) is 1.58. The van der Waals surface area contributed by atoms with Gasteiger partial charge in [0.15, 0.2) is 5.69 Å². The molecule has 0 fully saturated rings. The Labute approximate surface area is 207 Å². The number of aryl methyl sites for hydroxylation is 3. The molecule has 0 radical (unpaired) electrons. The molecule has 0 spiro atoms. The number of hydrogen-bond donors (Lipinski definition) is 0. The first-order chi connectivity index (χ1) is 16.9. The number of esters is 1. The largest absolute Gasteiger partial charge is 0.464 e. The van der Waals surface area contributed by atoms with Crippen molar-refractivity contribution in [1.29, 1.82) is 0 Å². The summed E-state index contributed by atoms with van der Waals surface area (Å²) in [7, 11) is 0.250. The van der Waals surface area contributed by atoms with Gasteiger partial charge in [0.2, 0.25) is 0 Å². The van der Waals surface area contributed by atoms with E-state index in [4.69, 9.17) is 18.1 Å². The number of ether oxygens (including phenoxy) is 2. The Kier molecular flexibility index (Phi) is 5.37. The molecule has 0 N–H and O–H groups in total. The number of fused-ring (bicyclic) bond motifs is 1. The number of aromatic nitrogens is 4. The molecule has 0 aromatic carbocycles. The van der Waals surface area contributed by atoms with Crippen LogP contribution in [0.15, 0.2) is 33.7 Å². The van der Waals surface area contributed by atoms with Crippen LogP contribution in [0.1, 0.15) is 26.1 Å². The minimum atomic E-state index is -2.56. The third kappa shape index (κ3) is 3.97. The summed E-state index contributed by atoms with van der Waals surface area (Å²) in [6.45, 7) is 3.46. The van der Waals surface area contributed by atoms with E-state index in [1.54, 1.807) is 36.7 Å². The van der Waals surface area contributed by atoms with Gasteiger partial charge in [-0.25, -0.2) is 9.78 Å². The fourth-order valence-electron chi connectivity index (χ4n) is 3.92. The molecule has 10 heteroatoms. The van der Waals surface area contributed by atoms with Gasteiger partial charge in [-0.2, -0.15) is 4.74 Å². The van der Waals surface area contributed by atoms with Gasteiger partial charge in [0.05, 0.1) is 40.3 Å². The van der Waals surface area contributed by atoms with E-state index in [0.717, 1.165) is 13.7 Å². The third-order valence-electron chi connectivity index (χ3n) is 5.32. The number of hydrogen-bond acceptors (Lipinski definition) is 7. The first-order valence-corrected chi connectivity index (χ1v) is 11.1. The van der Waals surface area contributed by atoms with E-state index < -0.39 is 13.0 Å². The summed E-state index contributed by atoms with van der Waals surface area (Å²) >= 11 is 2.17. The molecule has 0 unspecified atom stereocenters. The van der Waals surface area contributed by atoms with Gasteiger partial charge in [-0.1, -0.05) is 6.07 Å². The van der Waals surface area contributed by atoms with E-state index in [0.29, 0.717) is 39.5 Å². The van der Waals surface area contributed by atoms with Crippen molar-refractivity contribution in [2.24, 2.45) is 7.05 Å².